The molecule has 1 heterocycles. The van der Waals surface area contributed by atoms with Gasteiger partial charge in [-0.05, 0) is 28.1 Å². The summed E-state index contributed by atoms with van der Waals surface area (Å²) < 4.78 is 24.2. The summed E-state index contributed by atoms with van der Waals surface area (Å²) in [6.07, 6.45) is 0.938. The van der Waals surface area contributed by atoms with E-state index in [1.54, 1.807) is 12.1 Å². The first kappa shape index (κ1) is 9.93. The summed E-state index contributed by atoms with van der Waals surface area (Å²) in [7, 11) is 0. The number of benzene rings is 1. The van der Waals surface area contributed by atoms with Crippen molar-refractivity contribution in [1.82, 2.24) is 0 Å². The minimum Gasteiger partial charge on any atom is -0.488 e. The highest BCUT2D eigenvalue weighted by Crippen LogP contribution is 2.23. The first-order chi connectivity index (χ1) is 6.75. The SMILES string of the molecule is Fc1cc(O[C@@H]2CCOC2)ccc1Br. The summed E-state index contributed by atoms with van der Waals surface area (Å²) in [5.41, 5.74) is 0. The van der Waals surface area contributed by atoms with Crippen LogP contribution in [0.4, 0.5) is 4.39 Å². The first-order valence-corrected chi connectivity index (χ1v) is 5.24. The molecule has 0 bridgehead atoms. The van der Waals surface area contributed by atoms with Gasteiger partial charge in [0.25, 0.3) is 0 Å². The van der Waals surface area contributed by atoms with Crippen LogP contribution in [0.1, 0.15) is 6.42 Å². The minimum absolute atomic E-state index is 0.0653. The summed E-state index contributed by atoms with van der Waals surface area (Å²) >= 11 is 3.09. The zero-order chi connectivity index (χ0) is 9.97. The van der Waals surface area contributed by atoms with Crippen molar-refractivity contribution in [2.45, 2.75) is 12.5 Å². The lowest BCUT2D eigenvalue weighted by Crippen LogP contribution is -2.15. The zero-order valence-corrected chi connectivity index (χ0v) is 9.09. The van der Waals surface area contributed by atoms with E-state index in [1.165, 1.54) is 6.07 Å². The van der Waals surface area contributed by atoms with Gasteiger partial charge in [-0.1, -0.05) is 0 Å². The quantitative estimate of drug-likeness (QED) is 0.814. The Morgan fingerprint density at radius 2 is 2.36 bits per heavy atom. The molecule has 1 saturated heterocycles. The molecule has 1 fully saturated rings. The van der Waals surface area contributed by atoms with E-state index >= 15 is 0 Å². The van der Waals surface area contributed by atoms with Crippen LogP contribution in [0.15, 0.2) is 22.7 Å². The Morgan fingerprint density at radius 3 is 3.00 bits per heavy atom. The van der Waals surface area contributed by atoms with Gasteiger partial charge in [-0.15, -0.1) is 0 Å². The third-order valence-electron chi connectivity index (χ3n) is 2.08. The Kier molecular flexibility index (Phi) is 3.03. The Morgan fingerprint density at radius 1 is 1.50 bits per heavy atom. The van der Waals surface area contributed by atoms with E-state index in [4.69, 9.17) is 9.47 Å². The lowest BCUT2D eigenvalue weighted by Gasteiger charge is -2.11. The maximum atomic E-state index is 13.1. The highest BCUT2D eigenvalue weighted by atomic mass is 79.9. The molecule has 0 unspecified atom stereocenters. The number of rotatable bonds is 2. The Bertz CT molecular complexity index is 324. The Balaban J connectivity index is 2.05. The highest BCUT2D eigenvalue weighted by Gasteiger charge is 2.17. The largest absolute Gasteiger partial charge is 0.488 e. The molecule has 76 valence electrons. The smallest absolute Gasteiger partial charge is 0.141 e. The molecule has 1 aromatic rings. The van der Waals surface area contributed by atoms with Gasteiger partial charge < -0.3 is 9.47 Å². The summed E-state index contributed by atoms with van der Waals surface area (Å²) in [4.78, 5) is 0. The van der Waals surface area contributed by atoms with Crippen molar-refractivity contribution < 1.29 is 13.9 Å². The first-order valence-electron chi connectivity index (χ1n) is 4.45. The monoisotopic (exact) mass is 260 g/mol. The normalized spacial score (nSPS) is 21.1. The summed E-state index contributed by atoms with van der Waals surface area (Å²) in [6, 6.07) is 4.76. The van der Waals surface area contributed by atoms with Crippen molar-refractivity contribution in [2.24, 2.45) is 0 Å². The molecular formula is C10H10BrFO2. The average Bonchev–Trinajstić information content (AvgIpc) is 2.64. The van der Waals surface area contributed by atoms with Crippen LogP contribution in [-0.4, -0.2) is 19.3 Å². The Labute approximate surface area is 90.1 Å². The van der Waals surface area contributed by atoms with E-state index in [2.05, 4.69) is 15.9 Å². The van der Waals surface area contributed by atoms with E-state index in [0.29, 0.717) is 16.8 Å². The van der Waals surface area contributed by atoms with Crippen molar-refractivity contribution in [3.8, 4) is 5.75 Å². The van der Waals surface area contributed by atoms with Gasteiger partial charge in [-0.2, -0.15) is 0 Å². The fourth-order valence-electron chi connectivity index (χ4n) is 1.35. The molecule has 0 N–H and O–H groups in total. The third-order valence-corrected chi connectivity index (χ3v) is 2.72. The molecule has 0 amide bonds. The van der Waals surface area contributed by atoms with Gasteiger partial charge in [-0.3, -0.25) is 0 Å². The second-order valence-corrected chi connectivity index (χ2v) is 4.03. The molecule has 0 saturated carbocycles. The van der Waals surface area contributed by atoms with Gasteiger partial charge in [0.2, 0.25) is 0 Å². The van der Waals surface area contributed by atoms with Crippen molar-refractivity contribution >= 4 is 15.9 Å². The fraction of sp³-hybridized carbons (Fsp3) is 0.400. The fourth-order valence-corrected chi connectivity index (χ4v) is 1.60. The van der Waals surface area contributed by atoms with Crippen molar-refractivity contribution in [3.05, 3.63) is 28.5 Å². The third kappa shape index (κ3) is 2.25. The van der Waals surface area contributed by atoms with Crippen molar-refractivity contribution in [2.75, 3.05) is 13.2 Å². The van der Waals surface area contributed by atoms with Crippen LogP contribution in [-0.2, 0) is 4.74 Å². The van der Waals surface area contributed by atoms with Crippen molar-refractivity contribution in [3.63, 3.8) is 0 Å². The molecule has 0 aliphatic carbocycles. The van der Waals surface area contributed by atoms with E-state index in [1.807, 2.05) is 0 Å². The van der Waals surface area contributed by atoms with Crippen LogP contribution in [0.25, 0.3) is 0 Å². The van der Waals surface area contributed by atoms with Gasteiger partial charge in [0, 0.05) is 12.5 Å². The Hall–Kier alpha value is -0.610. The lowest BCUT2D eigenvalue weighted by atomic mass is 10.3. The van der Waals surface area contributed by atoms with Crippen LogP contribution >= 0.6 is 15.9 Å². The van der Waals surface area contributed by atoms with E-state index in [9.17, 15) is 4.39 Å². The second kappa shape index (κ2) is 4.28. The maximum absolute atomic E-state index is 13.1. The summed E-state index contributed by atoms with van der Waals surface area (Å²) in [5, 5.41) is 0. The topological polar surface area (TPSA) is 18.5 Å². The number of hydrogen-bond acceptors (Lipinski definition) is 2. The summed E-state index contributed by atoms with van der Waals surface area (Å²) in [5.74, 6) is 0.252. The molecule has 1 atom stereocenters. The molecule has 0 spiro atoms. The van der Waals surface area contributed by atoms with Crippen LogP contribution in [0.5, 0.6) is 5.75 Å². The van der Waals surface area contributed by atoms with Crippen LogP contribution in [0.3, 0.4) is 0 Å². The van der Waals surface area contributed by atoms with Gasteiger partial charge in [-0.25, -0.2) is 4.39 Å². The molecule has 1 aliphatic heterocycles. The van der Waals surface area contributed by atoms with Crippen LogP contribution < -0.4 is 4.74 Å². The molecular weight excluding hydrogens is 251 g/mol. The maximum Gasteiger partial charge on any atom is 0.141 e. The average molecular weight is 261 g/mol. The molecule has 2 nitrogen and oxygen atoms in total. The highest BCUT2D eigenvalue weighted by molar-refractivity contribution is 9.10. The molecule has 14 heavy (non-hydrogen) atoms. The molecule has 2 rings (SSSR count). The zero-order valence-electron chi connectivity index (χ0n) is 7.50. The van der Waals surface area contributed by atoms with E-state index in [0.717, 1.165) is 13.0 Å². The molecule has 1 aromatic carbocycles. The van der Waals surface area contributed by atoms with Gasteiger partial charge >= 0.3 is 0 Å². The second-order valence-electron chi connectivity index (χ2n) is 3.18. The standard InChI is InChI=1S/C10H10BrFO2/c11-9-2-1-7(5-10(9)12)14-8-3-4-13-6-8/h1-2,5,8H,3-4,6H2/t8-/m1/s1. The van der Waals surface area contributed by atoms with E-state index in [-0.39, 0.29) is 11.9 Å². The van der Waals surface area contributed by atoms with Gasteiger partial charge in [0.15, 0.2) is 0 Å². The van der Waals surface area contributed by atoms with Gasteiger partial charge in [0.1, 0.15) is 17.7 Å². The predicted molar refractivity (Wildman–Crippen MR) is 54.0 cm³/mol. The molecule has 0 radical (unpaired) electrons. The number of ether oxygens (including phenoxy) is 2. The van der Waals surface area contributed by atoms with Gasteiger partial charge in [0.05, 0.1) is 17.7 Å². The lowest BCUT2D eigenvalue weighted by molar-refractivity contribution is 0.141. The van der Waals surface area contributed by atoms with Crippen LogP contribution in [0, 0.1) is 5.82 Å². The van der Waals surface area contributed by atoms with E-state index < -0.39 is 0 Å². The number of hydrogen-bond donors (Lipinski definition) is 0. The summed E-state index contributed by atoms with van der Waals surface area (Å²) in [6.45, 7) is 1.32. The number of halogens is 2. The molecule has 4 heteroatoms. The predicted octanol–water partition coefficient (Wildman–Crippen LogP) is 2.76. The minimum atomic E-state index is -0.304. The molecule has 0 aromatic heterocycles. The van der Waals surface area contributed by atoms with Crippen molar-refractivity contribution in [1.29, 1.82) is 0 Å². The van der Waals surface area contributed by atoms with Crippen LogP contribution in [0.2, 0.25) is 0 Å². The molecule has 1 aliphatic rings.